The van der Waals surface area contributed by atoms with E-state index in [0.717, 1.165) is 17.7 Å². The van der Waals surface area contributed by atoms with Gasteiger partial charge in [-0.3, -0.25) is 0 Å². The first-order valence-electron chi connectivity index (χ1n) is 8.55. The number of guanidine groups is 1. The number of benzene rings is 1. The molecule has 5 nitrogen and oxygen atoms in total. The molecule has 0 saturated heterocycles. The van der Waals surface area contributed by atoms with E-state index in [1.165, 1.54) is 6.07 Å². The van der Waals surface area contributed by atoms with E-state index in [4.69, 9.17) is 4.74 Å². The van der Waals surface area contributed by atoms with Gasteiger partial charge in [0.05, 0.1) is 12.6 Å². The lowest BCUT2D eigenvalue weighted by Crippen LogP contribution is -2.37. The van der Waals surface area contributed by atoms with Crippen LogP contribution in [0.1, 0.15) is 31.9 Å². The fourth-order valence-corrected chi connectivity index (χ4v) is 2.19. The molecule has 0 atom stereocenters. The minimum Gasteiger partial charge on any atom is -0.475 e. The normalized spacial score (nSPS) is 11.1. The molecule has 0 fully saturated rings. The van der Waals surface area contributed by atoms with Crippen molar-refractivity contribution in [2.45, 2.75) is 40.0 Å². The van der Waals surface area contributed by atoms with Crippen molar-refractivity contribution in [3.8, 4) is 5.88 Å². The smallest absolute Gasteiger partial charge is 0.213 e. The monoisotopic (exact) mass is 490 g/mol. The van der Waals surface area contributed by atoms with Crippen molar-refractivity contribution < 1.29 is 13.5 Å². The van der Waals surface area contributed by atoms with Crippen molar-refractivity contribution in [3.63, 3.8) is 0 Å². The molecule has 0 aliphatic heterocycles. The summed E-state index contributed by atoms with van der Waals surface area (Å²) >= 11 is 0. The van der Waals surface area contributed by atoms with Gasteiger partial charge in [-0.2, -0.15) is 0 Å². The average molecular weight is 490 g/mol. The third-order valence-electron chi connectivity index (χ3n) is 3.37. The van der Waals surface area contributed by atoms with E-state index in [1.54, 1.807) is 12.3 Å². The van der Waals surface area contributed by atoms with Crippen LogP contribution in [0.25, 0.3) is 0 Å². The summed E-state index contributed by atoms with van der Waals surface area (Å²) in [5.41, 5.74) is 1.16. The van der Waals surface area contributed by atoms with Crippen molar-refractivity contribution in [1.29, 1.82) is 0 Å². The predicted molar refractivity (Wildman–Crippen MR) is 113 cm³/mol. The third kappa shape index (κ3) is 8.06. The predicted octanol–water partition coefficient (Wildman–Crippen LogP) is 4.02. The SMILES string of the molecule is CCNC(=NCc1ccc(OC(C)C)nc1)NCc1cc(F)ccc1F.I. The van der Waals surface area contributed by atoms with Crippen LogP contribution in [0.4, 0.5) is 8.78 Å². The standard InChI is InChI=1S/C19H24F2N4O.HI/c1-4-22-19(25-12-15-9-16(20)6-7-17(15)21)24-11-14-5-8-18(23-10-14)26-13(2)3;/h5-10,13H,4,11-12H2,1-3H3,(H2,22,24,25);1H. The maximum Gasteiger partial charge on any atom is 0.213 e. The molecule has 2 N–H and O–H groups in total. The summed E-state index contributed by atoms with van der Waals surface area (Å²) in [5, 5.41) is 6.07. The summed E-state index contributed by atoms with van der Waals surface area (Å²) < 4.78 is 32.4. The van der Waals surface area contributed by atoms with Crippen LogP contribution in [0.5, 0.6) is 5.88 Å². The first-order valence-corrected chi connectivity index (χ1v) is 8.55. The molecular formula is C19H25F2IN4O. The van der Waals surface area contributed by atoms with Crippen molar-refractivity contribution in [1.82, 2.24) is 15.6 Å². The number of aromatic nitrogens is 1. The Morgan fingerprint density at radius 2 is 1.96 bits per heavy atom. The second-order valence-corrected chi connectivity index (χ2v) is 5.96. The van der Waals surface area contributed by atoms with E-state index in [1.807, 2.05) is 26.8 Å². The van der Waals surface area contributed by atoms with E-state index in [0.29, 0.717) is 24.9 Å². The first kappa shape index (κ1) is 23.1. The molecule has 1 aromatic heterocycles. The van der Waals surface area contributed by atoms with E-state index in [9.17, 15) is 8.78 Å². The number of halogens is 3. The Hall–Kier alpha value is -1.97. The molecule has 0 bridgehead atoms. The summed E-state index contributed by atoms with van der Waals surface area (Å²) in [6, 6.07) is 7.07. The summed E-state index contributed by atoms with van der Waals surface area (Å²) in [5.74, 6) is 0.151. The van der Waals surface area contributed by atoms with Crippen LogP contribution in [-0.4, -0.2) is 23.6 Å². The Balaban J connectivity index is 0.00000364. The topological polar surface area (TPSA) is 58.5 Å². The molecule has 0 aliphatic rings. The number of aliphatic imine (C=N–C) groups is 1. The number of nitrogens with one attached hydrogen (secondary N) is 2. The van der Waals surface area contributed by atoms with Crippen LogP contribution >= 0.6 is 24.0 Å². The van der Waals surface area contributed by atoms with Gasteiger partial charge in [-0.05, 0) is 44.5 Å². The summed E-state index contributed by atoms with van der Waals surface area (Å²) in [6.45, 7) is 6.99. The Bertz CT molecular complexity index is 739. The van der Waals surface area contributed by atoms with Gasteiger partial charge < -0.3 is 15.4 Å². The number of pyridine rings is 1. The highest BCUT2D eigenvalue weighted by Crippen LogP contribution is 2.11. The summed E-state index contributed by atoms with van der Waals surface area (Å²) in [6.07, 6.45) is 1.77. The fourth-order valence-electron chi connectivity index (χ4n) is 2.19. The molecular weight excluding hydrogens is 465 g/mol. The lowest BCUT2D eigenvalue weighted by atomic mass is 10.2. The van der Waals surface area contributed by atoms with Gasteiger partial charge in [0.25, 0.3) is 0 Å². The Morgan fingerprint density at radius 1 is 1.19 bits per heavy atom. The van der Waals surface area contributed by atoms with Gasteiger partial charge in [0, 0.05) is 30.9 Å². The van der Waals surface area contributed by atoms with Gasteiger partial charge in [-0.15, -0.1) is 24.0 Å². The summed E-state index contributed by atoms with van der Waals surface area (Å²) in [4.78, 5) is 8.67. The molecule has 0 unspecified atom stereocenters. The molecule has 0 radical (unpaired) electrons. The molecule has 0 saturated carbocycles. The van der Waals surface area contributed by atoms with E-state index in [-0.39, 0.29) is 42.2 Å². The molecule has 1 aromatic carbocycles. The van der Waals surface area contributed by atoms with Crippen LogP contribution in [0.3, 0.4) is 0 Å². The number of rotatable bonds is 7. The average Bonchev–Trinajstić information content (AvgIpc) is 2.61. The van der Waals surface area contributed by atoms with Crippen LogP contribution in [-0.2, 0) is 13.1 Å². The lowest BCUT2D eigenvalue weighted by molar-refractivity contribution is 0.232. The minimum absolute atomic E-state index is 0. The molecule has 0 spiro atoms. The molecule has 2 aromatic rings. The van der Waals surface area contributed by atoms with E-state index >= 15 is 0 Å². The van der Waals surface area contributed by atoms with E-state index in [2.05, 4.69) is 20.6 Å². The van der Waals surface area contributed by atoms with Crippen molar-refractivity contribution in [2.75, 3.05) is 6.54 Å². The Labute approximate surface area is 175 Å². The molecule has 8 heteroatoms. The number of ether oxygens (including phenoxy) is 1. The third-order valence-corrected chi connectivity index (χ3v) is 3.37. The number of hydrogen-bond donors (Lipinski definition) is 2. The largest absolute Gasteiger partial charge is 0.475 e. The van der Waals surface area contributed by atoms with Gasteiger partial charge >= 0.3 is 0 Å². The zero-order chi connectivity index (χ0) is 18.9. The van der Waals surface area contributed by atoms with Gasteiger partial charge in [0.2, 0.25) is 5.88 Å². The Morgan fingerprint density at radius 3 is 2.59 bits per heavy atom. The second kappa shape index (κ2) is 11.7. The summed E-state index contributed by atoms with van der Waals surface area (Å²) in [7, 11) is 0. The second-order valence-electron chi connectivity index (χ2n) is 5.96. The molecule has 148 valence electrons. The molecule has 2 rings (SSSR count). The van der Waals surface area contributed by atoms with E-state index < -0.39 is 11.6 Å². The van der Waals surface area contributed by atoms with Gasteiger partial charge in [0.1, 0.15) is 11.6 Å². The number of nitrogens with zero attached hydrogens (tertiary/aromatic N) is 2. The van der Waals surface area contributed by atoms with Crippen LogP contribution < -0.4 is 15.4 Å². The van der Waals surface area contributed by atoms with Gasteiger partial charge in [-0.1, -0.05) is 6.07 Å². The highest BCUT2D eigenvalue weighted by atomic mass is 127. The molecule has 0 amide bonds. The highest BCUT2D eigenvalue weighted by molar-refractivity contribution is 14.0. The zero-order valence-electron chi connectivity index (χ0n) is 15.6. The van der Waals surface area contributed by atoms with Crippen molar-refractivity contribution in [2.24, 2.45) is 4.99 Å². The van der Waals surface area contributed by atoms with Crippen molar-refractivity contribution >= 4 is 29.9 Å². The lowest BCUT2D eigenvalue weighted by Gasteiger charge is -2.12. The zero-order valence-corrected chi connectivity index (χ0v) is 18.0. The Kier molecular flexibility index (Phi) is 9.98. The van der Waals surface area contributed by atoms with Crippen molar-refractivity contribution in [3.05, 3.63) is 59.3 Å². The van der Waals surface area contributed by atoms with Crippen LogP contribution in [0.2, 0.25) is 0 Å². The van der Waals surface area contributed by atoms with Gasteiger partial charge in [0.15, 0.2) is 5.96 Å². The van der Waals surface area contributed by atoms with Gasteiger partial charge in [-0.25, -0.2) is 18.8 Å². The first-order chi connectivity index (χ1) is 12.5. The van der Waals surface area contributed by atoms with Crippen LogP contribution in [0.15, 0.2) is 41.5 Å². The fraction of sp³-hybridized carbons (Fsp3) is 0.368. The quantitative estimate of drug-likeness (QED) is 0.350. The molecule has 27 heavy (non-hydrogen) atoms. The molecule has 1 heterocycles. The minimum atomic E-state index is -0.472. The maximum absolute atomic E-state index is 13.7. The molecule has 0 aliphatic carbocycles. The van der Waals surface area contributed by atoms with Crippen LogP contribution in [0, 0.1) is 11.6 Å². The number of hydrogen-bond acceptors (Lipinski definition) is 3. The maximum atomic E-state index is 13.7. The highest BCUT2D eigenvalue weighted by Gasteiger charge is 2.05.